The number of benzene rings is 1. The Hall–Kier alpha value is -0.530. The number of ether oxygens (including phenoxy) is 1. The smallest absolute Gasteiger partial charge is 0.193 e. The highest BCUT2D eigenvalue weighted by Gasteiger charge is 2.29. The highest BCUT2D eigenvalue weighted by Crippen LogP contribution is 2.32. The highest BCUT2D eigenvalue weighted by atomic mass is 127. The average molecular weight is 494 g/mol. The van der Waals surface area contributed by atoms with Gasteiger partial charge < -0.3 is 15.0 Å². The molecule has 1 aromatic carbocycles. The van der Waals surface area contributed by atoms with E-state index in [1.54, 1.807) is 0 Å². The van der Waals surface area contributed by atoms with E-state index in [1.807, 2.05) is 19.2 Å². The zero-order valence-electron chi connectivity index (χ0n) is 16.4. The minimum atomic E-state index is 0. The first-order chi connectivity index (χ1) is 12.0. The molecule has 26 heavy (non-hydrogen) atoms. The molecule has 1 aliphatic rings. The van der Waals surface area contributed by atoms with Gasteiger partial charge in [-0.3, -0.25) is 4.99 Å². The Bertz CT molecular complexity index is 555. The van der Waals surface area contributed by atoms with Gasteiger partial charge in [0.25, 0.3) is 0 Å². The third-order valence-corrected chi connectivity index (χ3v) is 5.78. The summed E-state index contributed by atoms with van der Waals surface area (Å²) < 4.78 is 5.49. The molecule has 0 aliphatic carbocycles. The van der Waals surface area contributed by atoms with Crippen LogP contribution in [0.5, 0.6) is 0 Å². The Balaban J connectivity index is 0.00000338. The number of nitrogens with one attached hydrogen (secondary N) is 1. The fraction of sp³-hybridized carbons (Fsp3) is 0.650. The van der Waals surface area contributed by atoms with E-state index in [1.165, 1.54) is 5.56 Å². The van der Waals surface area contributed by atoms with Crippen LogP contribution in [-0.4, -0.2) is 51.3 Å². The van der Waals surface area contributed by atoms with Crippen LogP contribution in [0.3, 0.4) is 0 Å². The van der Waals surface area contributed by atoms with Crippen molar-refractivity contribution in [2.45, 2.75) is 38.5 Å². The first-order valence-electron chi connectivity index (χ1n) is 9.30. The van der Waals surface area contributed by atoms with Crippen molar-refractivity contribution >= 4 is 41.5 Å². The van der Waals surface area contributed by atoms with Crippen LogP contribution in [0.1, 0.15) is 38.7 Å². The van der Waals surface area contributed by atoms with Gasteiger partial charge in [-0.25, -0.2) is 0 Å². The van der Waals surface area contributed by atoms with Crippen molar-refractivity contribution in [2.75, 3.05) is 40.4 Å². The molecule has 1 aliphatic heterocycles. The topological polar surface area (TPSA) is 36.9 Å². The third-order valence-electron chi connectivity index (χ3n) is 5.52. The van der Waals surface area contributed by atoms with Gasteiger partial charge >= 0.3 is 0 Å². The first kappa shape index (κ1) is 23.5. The van der Waals surface area contributed by atoms with Crippen LogP contribution in [0.25, 0.3) is 0 Å². The fourth-order valence-corrected chi connectivity index (χ4v) is 3.77. The van der Waals surface area contributed by atoms with Gasteiger partial charge in [-0.1, -0.05) is 37.6 Å². The lowest BCUT2D eigenvalue weighted by atomic mass is 9.76. The minimum Gasteiger partial charge on any atom is -0.381 e. The Labute approximate surface area is 180 Å². The molecular formula is C20H33ClIN3O. The van der Waals surface area contributed by atoms with Crippen molar-refractivity contribution in [1.82, 2.24) is 10.2 Å². The summed E-state index contributed by atoms with van der Waals surface area (Å²) in [5, 5.41) is 4.39. The van der Waals surface area contributed by atoms with Crippen molar-refractivity contribution in [3.05, 3.63) is 34.9 Å². The molecule has 0 bridgehead atoms. The molecule has 0 amide bonds. The summed E-state index contributed by atoms with van der Waals surface area (Å²) in [5.74, 6) is 1.55. The maximum absolute atomic E-state index is 6.07. The first-order valence-corrected chi connectivity index (χ1v) is 9.68. The molecule has 1 aromatic rings. The van der Waals surface area contributed by atoms with Crippen LogP contribution in [0, 0.1) is 5.92 Å². The summed E-state index contributed by atoms with van der Waals surface area (Å²) in [6.07, 6.45) is 3.27. The molecule has 1 atom stereocenters. The number of hydrogen-bond donors (Lipinski definition) is 1. The molecular weight excluding hydrogens is 461 g/mol. The molecule has 2 rings (SSSR count). The minimum absolute atomic E-state index is 0. The average Bonchev–Trinajstić information content (AvgIpc) is 3.13. The zero-order chi connectivity index (χ0) is 18.3. The maximum Gasteiger partial charge on any atom is 0.193 e. The number of hydrogen-bond acceptors (Lipinski definition) is 2. The second-order valence-corrected chi connectivity index (χ2v) is 7.44. The van der Waals surface area contributed by atoms with Crippen LogP contribution < -0.4 is 5.32 Å². The maximum atomic E-state index is 6.07. The van der Waals surface area contributed by atoms with Crippen molar-refractivity contribution < 1.29 is 4.74 Å². The SMILES string of the molecule is CCC(CC)(CNC(=NC)N(C)CC1CCOC1)c1ccc(Cl)cc1.I. The second kappa shape index (κ2) is 11.3. The molecule has 0 aromatic heterocycles. The van der Waals surface area contributed by atoms with E-state index in [0.717, 1.165) is 56.5 Å². The molecule has 0 radical (unpaired) electrons. The Morgan fingerprint density at radius 2 is 1.96 bits per heavy atom. The van der Waals surface area contributed by atoms with Crippen LogP contribution in [0.2, 0.25) is 5.02 Å². The van der Waals surface area contributed by atoms with E-state index < -0.39 is 0 Å². The standard InChI is InChI=1S/C20H32ClN3O.HI/c1-5-20(6-2,17-7-9-18(21)10-8-17)15-23-19(22-3)24(4)13-16-11-12-25-14-16;/h7-10,16H,5-6,11-15H2,1-4H3,(H,22,23);1H. The molecule has 0 saturated carbocycles. The van der Waals surface area contributed by atoms with Crippen LogP contribution in [0.15, 0.2) is 29.3 Å². The number of aliphatic imine (C=N–C) groups is 1. The Kier molecular flexibility index (Phi) is 10.3. The summed E-state index contributed by atoms with van der Waals surface area (Å²) in [7, 11) is 3.96. The van der Waals surface area contributed by atoms with E-state index in [9.17, 15) is 0 Å². The number of guanidine groups is 1. The van der Waals surface area contributed by atoms with Crippen molar-refractivity contribution in [1.29, 1.82) is 0 Å². The predicted octanol–water partition coefficient (Wildman–Crippen LogP) is 4.56. The quantitative estimate of drug-likeness (QED) is 0.344. The van der Waals surface area contributed by atoms with Crippen molar-refractivity contribution in [3.8, 4) is 0 Å². The molecule has 1 fully saturated rings. The summed E-state index contributed by atoms with van der Waals surface area (Å²) in [4.78, 5) is 6.70. The van der Waals surface area contributed by atoms with E-state index in [2.05, 4.69) is 48.2 Å². The van der Waals surface area contributed by atoms with Gasteiger partial charge in [-0.2, -0.15) is 0 Å². The van der Waals surface area contributed by atoms with Crippen LogP contribution >= 0.6 is 35.6 Å². The largest absolute Gasteiger partial charge is 0.381 e. The summed E-state index contributed by atoms with van der Waals surface area (Å²) in [6.45, 7) is 8.09. The predicted molar refractivity (Wildman–Crippen MR) is 122 cm³/mol. The number of nitrogens with zero attached hydrogens (tertiary/aromatic N) is 2. The normalized spacial score (nSPS) is 17.7. The van der Waals surface area contributed by atoms with Crippen LogP contribution in [-0.2, 0) is 10.2 Å². The molecule has 0 spiro atoms. The molecule has 4 nitrogen and oxygen atoms in total. The van der Waals surface area contributed by atoms with E-state index in [4.69, 9.17) is 16.3 Å². The molecule has 1 heterocycles. The zero-order valence-corrected chi connectivity index (χ0v) is 19.5. The summed E-state index contributed by atoms with van der Waals surface area (Å²) in [6, 6.07) is 8.27. The lowest BCUT2D eigenvalue weighted by Crippen LogP contribution is -2.47. The van der Waals surface area contributed by atoms with Gasteiger partial charge in [0, 0.05) is 50.1 Å². The summed E-state index contributed by atoms with van der Waals surface area (Å²) in [5.41, 5.74) is 1.41. The Morgan fingerprint density at radius 3 is 2.46 bits per heavy atom. The third kappa shape index (κ3) is 5.99. The van der Waals surface area contributed by atoms with Gasteiger partial charge in [-0.15, -0.1) is 24.0 Å². The second-order valence-electron chi connectivity index (χ2n) is 7.01. The van der Waals surface area contributed by atoms with Gasteiger partial charge in [-0.05, 0) is 37.0 Å². The van der Waals surface area contributed by atoms with E-state index in [-0.39, 0.29) is 29.4 Å². The highest BCUT2D eigenvalue weighted by molar-refractivity contribution is 14.0. The number of rotatable bonds is 7. The van der Waals surface area contributed by atoms with E-state index in [0.29, 0.717) is 5.92 Å². The Morgan fingerprint density at radius 1 is 1.31 bits per heavy atom. The van der Waals surface area contributed by atoms with Gasteiger partial charge in [0.05, 0.1) is 6.61 Å². The van der Waals surface area contributed by atoms with Crippen LogP contribution in [0.4, 0.5) is 0 Å². The van der Waals surface area contributed by atoms with Crippen molar-refractivity contribution in [2.24, 2.45) is 10.9 Å². The number of halogens is 2. The molecule has 1 N–H and O–H groups in total. The van der Waals surface area contributed by atoms with Gasteiger partial charge in [0.1, 0.15) is 0 Å². The molecule has 1 saturated heterocycles. The van der Waals surface area contributed by atoms with Crippen molar-refractivity contribution in [3.63, 3.8) is 0 Å². The van der Waals surface area contributed by atoms with Gasteiger partial charge in [0.15, 0.2) is 5.96 Å². The lowest BCUT2D eigenvalue weighted by molar-refractivity contribution is 0.181. The molecule has 1 unspecified atom stereocenters. The molecule has 6 heteroatoms. The fourth-order valence-electron chi connectivity index (χ4n) is 3.65. The van der Waals surface area contributed by atoms with E-state index >= 15 is 0 Å². The monoisotopic (exact) mass is 493 g/mol. The summed E-state index contributed by atoms with van der Waals surface area (Å²) >= 11 is 6.07. The van der Waals surface area contributed by atoms with Gasteiger partial charge in [0.2, 0.25) is 0 Å². The lowest BCUT2D eigenvalue weighted by Gasteiger charge is -2.35. The molecule has 148 valence electrons.